The number of nitrogens with one attached hydrogen (secondary N) is 1. The summed E-state index contributed by atoms with van der Waals surface area (Å²) >= 11 is 0. The summed E-state index contributed by atoms with van der Waals surface area (Å²) in [6, 6.07) is 8.99. The highest BCUT2D eigenvalue weighted by Gasteiger charge is 2.11. The van der Waals surface area contributed by atoms with Crippen LogP contribution in [0.5, 0.6) is 5.75 Å². The molecule has 4 heteroatoms. The molecule has 3 N–H and O–H groups in total. The second-order valence-electron chi connectivity index (χ2n) is 5.48. The molecule has 2 aromatic carbocycles. The van der Waals surface area contributed by atoms with Crippen LogP contribution in [-0.2, 0) is 0 Å². The molecule has 0 unspecified atom stereocenters. The Kier molecular flexibility index (Phi) is 4.36. The summed E-state index contributed by atoms with van der Waals surface area (Å²) in [6.07, 6.45) is -0.100. The molecule has 0 saturated heterocycles. The summed E-state index contributed by atoms with van der Waals surface area (Å²) in [6.45, 7) is 7.74. The third kappa shape index (κ3) is 3.66. The maximum Gasteiger partial charge on any atom is 0.167 e. The van der Waals surface area contributed by atoms with Gasteiger partial charge in [0.2, 0.25) is 0 Å². The van der Waals surface area contributed by atoms with Crippen molar-refractivity contribution in [3.63, 3.8) is 0 Å². The highest BCUT2D eigenvalue weighted by atomic mass is 19.1. The highest BCUT2D eigenvalue weighted by molar-refractivity contribution is 5.75. The Balaban J connectivity index is 2.37. The average Bonchev–Trinajstić information content (AvgIpc) is 2.39. The average molecular weight is 288 g/mol. The molecule has 0 aliphatic heterocycles. The third-order valence-electron chi connectivity index (χ3n) is 3.13. The first kappa shape index (κ1) is 15.2. The van der Waals surface area contributed by atoms with Gasteiger partial charge in [0.1, 0.15) is 0 Å². The van der Waals surface area contributed by atoms with Crippen molar-refractivity contribution in [1.82, 2.24) is 0 Å². The van der Waals surface area contributed by atoms with E-state index in [-0.39, 0.29) is 11.9 Å². The van der Waals surface area contributed by atoms with Crippen LogP contribution < -0.4 is 15.8 Å². The maximum absolute atomic E-state index is 13.8. The summed E-state index contributed by atoms with van der Waals surface area (Å²) in [5.74, 6) is -0.250. The number of rotatable bonds is 4. The number of hydrogen-bond acceptors (Lipinski definition) is 3. The number of anilines is 3. The fourth-order valence-electron chi connectivity index (χ4n) is 2.04. The molecule has 2 aromatic rings. The van der Waals surface area contributed by atoms with Gasteiger partial charge in [-0.25, -0.2) is 4.39 Å². The lowest BCUT2D eigenvalue weighted by molar-refractivity contribution is 0.231. The molecule has 0 spiro atoms. The second-order valence-corrected chi connectivity index (χ2v) is 5.48. The number of aryl methyl sites for hydroxylation is 2. The Bertz CT molecular complexity index is 653. The molecule has 2 rings (SSSR count). The molecule has 21 heavy (non-hydrogen) atoms. The van der Waals surface area contributed by atoms with Gasteiger partial charge in [-0.15, -0.1) is 0 Å². The smallest absolute Gasteiger partial charge is 0.167 e. The van der Waals surface area contributed by atoms with Crippen LogP contribution in [0.2, 0.25) is 0 Å². The van der Waals surface area contributed by atoms with Gasteiger partial charge in [-0.3, -0.25) is 0 Å². The van der Waals surface area contributed by atoms with Gasteiger partial charge in [-0.1, -0.05) is 12.1 Å². The standard InChI is InChI=1S/C17H21FN2O/c1-10(2)21-17-9-16(14(19)8-13(17)18)20-15-7-11(3)5-6-12(15)4/h5-10,20H,19H2,1-4H3. The molecular formula is C17H21FN2O. The first-order valence-corrected chi connectivity index (χ1v) is 6.96. The highest BCUT2D eigenvalue weighted by Crippen LogP contribution is 2.32. The van der Waals surface area contributed by atoms with Crippen molar-refractivity contribution in [1.29, 1.82) is 0 Å². The Morgan fingerprint density at radius 1 is 1.10 bits per heavy atom. The van der Waals surface area contributed by atoms with Crippen LogP contribution in [0.3, 0.4) is 0 Å². The van der Waals surface area contributed by atoms with Gasteiger partial charge in [0.15, 0.2) is 11.6 Å². The summed E-state index contributed by atoms with van der Waals surface area (Å²) in [7, 11) is 0. The second kappa shape index (κ2) is 6.04. The van der Waals surface area contributed by atoms with Crippen LogP contribution in [0.15, 0.2) is 30.3 Å². The zero-order chi connectivity index (χ0) is 15.6. The zero-order valence-electron chi connectivity index (χ0n) is 12.8. The van der Waals surface area contributed by atoms with E-state index in [0.29, 0.717) is 11.4 Å². The number of nitrogen functional groups attached to an aromatic ring is 1. The quantitative estimate of drug-likeness (QED) is 0.811. The van der Waals surface area contributed by atoms with Crippen molar-refractivity contribution in [2.45, 2.75) is 33.8 Å². The number of nitrogens with two attached hydrogens (primary N) is 1. The van der Waals surface area contributed by atoms with E-state index in [1.54, 1.807) is 6.07 Å². The summed E-state index contributed by atoms with van der Waals surface area (Å²) in [5, 5.41) is 3.25. The van der Waals surface area contributed by atoms with Crippen molar-refractivity contribution < 1.29 is 9.13 Å². The van der Waals surface area contributed by atoms with E-state index in [1.165, 1.54) is 6.07 Å². The molecule has 0 aliphatic rings. The summed E-state index contributed by atoms with van der Waals surface area (Å²) in [4.78, 5) is 0. The van der Waals surface area contributed by atoms with Crippen molar-refractivity contribution in [2.24, 2.45) is 0 Å². The molecule has 0 heterocycles. The van der Waals surface area contributed by atoms with E-state index in [9.17, 15) is 4.39 Å². The number of halogens is 1. The topological polar surface area (TPSA) is 47.3 Å². The molecule has 0 fully saturated rings. The molecular weight excluding hydrogens is 267 g/mol. The first-order valence-electron chi connectivity index (χ1n) is 6.96. The SMILES string of the molecule is Cc1ccc(C)c(Nc2cc(OC(C)C)c(F)cc2N)c1. The van der Waals surface area contributed by atoms with Gasteiger partial charge >= 0.3 is 0 Å². The van der Waals surface area contributed by atoms with Crippen molar-refractivity contribution in [2.75, 3.05) is 11.1 Å². The van der Waals surface area contributed by atoms with E-state index in [4.69, 9.17) is 10.5 Å². The molecule has 0 saturated carbocycles. The maximum atomic E-state index is 13.8. The molecule has 0 atom stereocenters. The minimum Gasteiger partial charge on any atom is -0.488 e. The molecule has 0 amide bonds. The number of hydrogen-bond donors (Lipinski definition) is 2. The van der Waals surface area contributed by atoms with Crippen LogP contribution in [0.25, 0.3) is 0 Å². The Morgan fingerprint density at radius 2 is 1.81 bits per heavy atom. The third-order valence-corrected chi connectivity index (χ3v) is 3.13. The van der Waals surface area contributed by atoms with E-state index in [0.717, 1.165) is 16.8 Å². The Morgan fingerprint density at radius 3 is 2.48 bits per heavy atom. The van der Waals surface area contributed by atoms with Gasteiger partial charge in [0, 0.05) is 17.8 Å². The molecule has 112 valence electrons. The monoisotopic (exact) mass is 288 g/mol. The van der Waals surface area contributed by atoms with Crippen LogP contribution in [0.4, 0.5) is 21.5 Å². The summed E-state index contributed by atoms with van der Waals surface area (Å²) in [5.41, 5.74) is 10.1. The van der Waals surface area contributed by atoms with E-state index < -0.39 is 5.82 Å². The lowest BCUT2D eigenvalue weighted by Gasteiger charge is -2.16. The van der Waals surface area contributed by atoms with E-state index in [1.807, 2.05) is 45.9 Å². The van der Waals surface area contributed by atoms with Crippen molar-refractivity contribution in [3.8, 4) is 5.75 Å². The van der Waals surface area contributed by atoms with Crippen LogP contribution >= 0.6 is 0 Å². The van der Waals surface area contributed by atoms with Gasteiger partial charge in [0.25, 0.3) is 0 Å². The van der Waals surface area contributed by atoms with Gasteiger partial charge < -0.3 is 15.8 Å². The molecule has 0 aliphatic carbocycles. The minimum atomic E-state index is -0.451. The predicted octanol–water partition coefficient (Wildman–Crippen LogP) is 4.56. The molecule has 0 aromatic heterocycles. The largest absolute Gasteiger partial charge is 0.488 e. The van der Waals surface area contributed by atoms with Crippen molar-refractivity contribution in [3.05, 3.63) is 47.3 Å². The minimum absolute atomic E-state index is 0.100. The van der Waals surface area contributed by atoms with Gasteiger partial charge in [-0.05, 0) is 44.9 Å². The number of ether oxygens (including phenoxy) is 1. The lowest BCUT2D eigenvalue weighted by Crippen LogP contribution is -2.08. The summed E-state index contributed by atoms with van der Waals surface area (Å²) < 4.78 is 19.3. The Labute approximate surface area is 124 Å². The molecule has 0 radical (unpaired) electrons. The number of benzene rings is 2. The fraction of sp³-hybridized carbons (Fsp3) is 0.294. The van der Waals surface area contributed by atoms with Gasteiger partial charge in [-0.2, -0.15) is 0 Å². The van der Waals surface area contributed by atoms with Crippen molar-refractivity contribution >= 4 is 17.1 Å². The Hall–Kier alpha value is -2.23. The predicted molar refractivity (Wildman–Crippen MR) is 85.8 cm³/mol. The van der Waals surface area contributed by atoms with E-state index in [2.05, 4.69) is 5.32 Å². The molecule has 0 bridgehead atoms. The molecule has 3 nitrogen and oxygen atoms in total. The lowest BCUT2D eigenvalue weighted by atomic mass is 10.1. The van der Waals surface area contributed by atoms with Crippen LogP contribution in [0, 0.1) is 19.7 Å². The van der Waals surface area contributed by atoms with E-state index >= 15 is 0 Å². The first-order chi connectivity index (χ1) is 9.86. The van der Waals surface area contributed by atoms with Crippen LogP contribution in [0.1, 0.15) is 25.0 Å². The van der Waals surface area contributed by atoms with Gasteiger partial charge in [0.05, 0.1) is 17.5 Å². The normalized spacial score (nSPS) is 10.8. The van der Waals surface area contributed by atoms with Crippen LogP contribution in [-0.4, -0.2) is 6.10 Å². The zero-order valence-corrected chi connectivity index (χ0v) is 12.8. The fourth-order valence-corrected chi connectivity index (χ4v) is 2.04.